The van der Waals surface area contributed by atoms with Crippen LogP contribution in [-0.2, 0) is 14.8 Å². The average Bonchev–Trinajstić information content (AvgIpc) is 2.24. The molecule has 0 radical (unpaired) electrons. The molecule has 17 heavy (non-hydrogen) atoms. The van der Waals surface area contributed by atoms with E-state index in [-0.39, 0.29) is 12.2 Å². The van der Waals surface area contributed by atoms with Gasteiger partial charge in [-0.3, -0.25) is 4.79 Å². The van der Waals surface area contributed by atoms with E-state index in [0.29, 0.717) is 6.42 Å². The molecular weight excluding hydrogens is 242 g/mol. The molecule has 0 rings (SSSR count). The molecule has 0 aliphatic rings. The van der Waals surface area contributed by atoms with Crippen molar-refractivity contribution in [1.82, 2.24) is 4.31 Å². The lowest BCUT2D eigenvalue weighted by atomic mass is 10.2. The first-order valence-electron chi connectivity index (χ1n) is 5.66. The molecule has 0 spiro atoms. The van der Waals surface area contributed by atoms with Gasteiger partial charge in [-0.2, -0.15) is 4.31 Å². The molecule has 1 N–H and O–H groups in total. The Morgan fingerprint density at radius 1 is 1.47 bits per heavy atom. The van der Waals surface area contributed by atoms with Crippen LogP contribution >= 0.6 is 0 Å². The Hall–Kier alpha value is -0.880. The third kappa shape index (κ3) is 5.32. The summed E-state index contributed by atoms with van der Waals surface area (Å²) in [5.74, 6) is -1.15. The first kappa shape index (κ1) is 16.1. The number of aliphatic carboxylic acids is 1. The van der Waals surface area contributed by atoms with Crippen LogP contribution in [0.15, 0.2) is 12.7 Å². The van der Waals surface area contributed by atoms with Gasteiger partial charge in [0.1, 0.15) is 6.04 Å². The summed E-state index contributed by atoms with van der Waals surface area (Å²) in [7, 11) is -2.19. The van der Waals surface area contributed by atoms with Gasteiger partial charge >= 0.3 is 5.97 Å². The number of nitrogens with zero attached hydrogens (tertiary/aromatic N) is 1. The minimum absolute atomic E-state index is 0.00172. The number of hydrogen-bond acceptors (Lipinski definition) is 3. The van der Waals surface area contributed by atoms with E-state index in [2.05, 4.69) is 6.58 Å². The van der Waals surface area contributed by atoms with Crippen LogP contribution in [0.25, 0.3) is 0 Å². The molecule has 1 atom stereocenters. The highest BCUT2D eigenvalue weighted by atomic mass is 32.2. The van der Waals surface area contributed by atoms with E-state index in [1.165, 1.54) is 13.1 Å². The van der Waals surface area contributed by atoms with Gasteiger partial charge in [-0.1, -0.05) is 25.8 Å². The van der Waals surface area contributed by atoms with Crippen molar-refractivity contribution in [3.05, 3.63) is 12.7 Å². The number of likely N-dealkylation sites (N-methyl/N-ethyl adjacent to an activating group) is 1. The number of rotatable bonds is 9. The van der Waals surface area contributed by atoms with Crippen molar-refractivity contribution in [2.75, 3.05) is 12.8 Å². The Kier molecular flexibility index (Phi) is 7.06. The Morgan fingerprint density at radius 2 is 2.06 bits per heavy atom. The predicted octanol–water partition coefficient (Wildman–Crippen LogP) is 1.47. The van der Waals surface area contributed by atoms with Crippen LogP contribution in [0.4, 0.5) is 0 Å². The van der Waals surface area contributed by atoms with Crippen molar-refractivity contribution >= 4 is 16.0 Å². The average molecular weight is 263 g/mol. The zero-order valence-electron chi connectivity index (χ0n) is 10.4. The monoisotopic (exact) mass is 263 g/mol. The van der Waals surface area contributed by atoms with E-state index in [4.69, 9.17) is 5.11 Å². The Labute approximate surface area is 103 Å². The minimum atomic E-state index is -3.49. The summed E-state index contributed by atoms with van der Waals surface area (Å²) < 4.78 is 24.6. The van der Waals surface area contributed by atoms with Crippen LogP contribution in [0.3, 0.4) is 0 Å². The fourth-order valence-corrected chi connectivity index (χ4v) is 2.86. The SMILES string of the molecule is C=CCC(C(=O)O)N(C)S(=O)(=O)CCCCC. The summed E-state index contributed by atoms with van der Waals surface area (Å²) in [4.78, 5) is 11.0. The maximum absolute atomic E-state index is 11.9. The lowest BCUT2D eigenvalue weighted by molar-refractivity contribution is -0.141. The summed E-state index contributed by atoms with van der Waals surface area (Å²) >= 11 is 0. The van der Waals surface area contributed by atoms with Gasteiger partial charge in [-0.25, -0.2) is 8.42 Å². The number of unbranched alkanes of at least 4 members (excludes halogenated alkanes) is 2. The summed E-state index contributed by atoms with van der Waals surface area (Å²) in [5, 5.41) is 8.96. The molecule has 0 aliphatic carbocycles. The molecular formula is C11H21NO4S. The first-order valence-corrected chi connectivity index (χ1v) is 7.27. The zero-order chi connectivity index (χ0) is 13.5. The summed E-state index contributed by atoms with van der Waals surface area (Å²) in [5.41, 5.74) is 0. The zero-order valence-corrected chi connectivity index (χ0v) is 11.2. The normalized spacial score (nSPS) is 13.6. The fourth-order valence-electron chi connectivity index (χ4n) is 1.43. The topological polar surface area (TPSA) is 74.7 Å². The number of hydrogen-bond donors (Lipinski definition) is 1. The standard InChI is InChI=1S/C11H21NO4S/c1-4-6-7-9-17(15,16)12(3)10(8-5-2)11(13)14/h5,10H,2,4,6-9H2,1,3H3,(H,13,14). The van der Waals surface area contributed by atoms with E-state index in [0.717, 1.165) is 17.1 Å². The van der Waals surface area contributed by atoms with Gasteiger partial charge in [0, 0.05) is 7.05 Å². The molecule has 0 aromatic rings. The van der Waals surface area contributed by atoms with Gasteiger partial charge in [0.2, 0.25) is 10.0 Å². The molecule has 0 heterocycles. The minimum Gasteiger partial charge on any atom is -0.480 e. The molecule has 0 aromatic heterocycles. The third-order valence-corrected chi connectivity index (χ3v) is 4.50. The predicted molar refractivity (Wildman–Crippen MR) is 67.3 cm³/mol. The fraction of sp³-hybridized carbons (Fsp3) is 0.727. The molecule has 0 bridgehead atoms. The summed E-state index contributed by atoms with van der Waals surface area (Å²) in [6.07, 6.45) is 3.83. The molecule has 6 heteroatoms. The van der Waals surface area contributed by atoms with Crippen molar-refractivity contribution in [1.29, 1.82) is 0 Å². The van der Waals surface area contributed by atoms with Crippen molar-refractivity contribution in [3.63, 3.8) is 0 Å². The Morgan fingerprint density at radius 3 is 2.47 bits per heavy atom. The molecule has 5 nitrogen and oxygen atoms in total. The molecule has 0 fully saturated rings. The molecule has 1 unspecified atom stereocenters. The van der Waals surface area contributed by atoms with E-state index < -0.39 is 22.0 Å². The Bertz CT molecular complexity index is 350. The Balaban J connectivity index is 4.67. The highest BCUT2D eigenvalue weighted by Gasteiger charge is 2.29. The van der Waals surface area contributed by atoms with Crippen molar-refractivity contribution in [2.45, 2.75) is 38.6 Å². The van der Waals surface area contributed by atoms with E-state index in [1.54, 1.807) is 0 Å². The first-order chi connectivity index (χ1) is 7.86. The van der Waals surface area contributed by atoms with Crippen molar-refractivity contribution in [3.8, 4) is 0 Å². The smallest absolute Gasteiger partial charge is 0.322 e. The van der Waals surface area contributed by atoms with Crippen LogP contribution in [-0.4, -0.2) is 42.6 Å². The van der Waals surface area contributed by atoms with Crippen LogP contribution in [0.5, 0.6) is 0 Å². The second-order valence-electron chi connectivity index (χ2n) is 3.92. The lowest BCUT2D eigenvalue weighted by Gasteiger charge is -2.23. The van der Waals surface area contributed by atoms with Crippen molar-refractivity contribution < 1.29 is 18.3 Å². The molecule has 100 valence electrons. The van der Waals surface area contributed by atoms with Crippen LogP contribution in [0, 0.1) is 0 Å². The number of carboxylic acids is 1. The molecule has 0 saturated carbocycles. The second kappa shape index (κ2) is 7.45. The van der Waals surface area contributed by atoms with Crippen LogP contribution in [0.1, 0.15) is 32.6 Å². The van der Waals surface area contributed by atoms with Crippen LogP contribution in [0.2, 0.25) is 0 Å². The lowest BCUT2D eigenvalue weighted by Crippen LogP contribution is -2.43. The molecule has 0 saturated heterocycles. The largest absolute Gasteiger partial charge is 0.480 e. The highest BCUT2D eigenvalue weighted by molar-refractivity contribution is 7.89. The number of sulfonamides is 1. The van der Waals surface area contributed by atoms with Gasteiger partial charge in [-0.15, -0.1) is 6.58 Å². The van der Waals surface area contributed by atoms with Gasteiger partial charge in [0.15, 0.2) is 0 Å². The maximum Gasteiger partial charge on any atom is 0.322 e. The van der Waals surface area contributed by atoms with Crippen molar-refractivity contribution in [2.24, 2.45) is 0 Å². The van der Waals surface area contributed by atoms with Gasteiger partial charge in [0.25, 0.3) is 0 Å². The summed E-state index contributed by atoms with van der Waals surface area (Å²) in [6.45, 7) is 5.42. The number of carboxylic acid groups (broad SMARTS) is 1. The van der Waals surface area contributed by atoms with Gasteiger partial charge in [0.05, 0.1) is 5.75 Å². The third-order valence-electron chi connectivity index (χ3n) is 2.56. The van der Waals surface area contributed by atoms with E-state index in [9.17, 15) is 13.2 Å². The quantitative estimate of drug-likeness (QED) is 0.505. The summed E-state index contributed by atoms with van der Waals surface area (Å²) in [6, 6.07) is -1.06. The van der Waals surface area contributed by atoms with E-state index >= 15 is 0 Å². The van der Waals surface area contributed by atoms with Crippen LogP contribution < -0.4 is 0 Å². The van der Waals surface area contributed by atoms with E-state index in [1.807, 2.05) is 6.92 Å². The molecule has 0 aromatic carbocycles. The second-order valence-corrected chi connectivity index (χ2v) is 6.07. The van der Waals surface area contributed by atoms with Gasteiger partial charge in [-0.05, 0) is 12.8 Å². The molecule has 0 aliphatic heterocycles. The number of carbonyl (C=O) groups is 1. The molecule has 0 amide bonds. The van der Waals surface area contributed by atoms with Gasteiger partial charge < -0.3 is 5.11 Å². The maximum atomic E-state index is 11.9. The highest BCUT2D eigenvalue weighted by Crippen LogP contribution is 2.11.